The number of nitrogens with zero attached hydrogens (tertiary/aromatic N) is 7. The normalized spacial score (nSPS) is 26.0. The number of aliphatic hydroxyl groups is 1. The van der Waals surface area contributed by atoms with Gasteiger partial charge in [0.1, 0.15) is 66.2 Å². The summed E-state index contributed by atoms with van der Waals surface area (Å²) < 4.78 is 0. The van der Waals surface area contributed by atoms with Crippen LogP contribution in [0.4, 0.5) is 0 Å². The van der Waals surface area contributed by atoms with Gasteiger partial charge in [-0.25, -0.2) is 0 Å². The molecule has 11 amide bonds. The van der Waals surface area contributed by atoms with Crippen LogP contribution in [-0.4, -0.2) is 233 Å². The number of likely N-dealkylation sites (N-methyl/N-ethyl adjacent to an activating group) is 7. The number of ketones is 1. The Morgan fingerprint density at radius 2 is 0.876 bits per heavy atom. The van der Waals surface area contributed by atoms with E-state index in [1.807, 2.05) is 61.5 Å². The lowest BCUT2D eigenvalue weighted by Crippen LogP contribution is -2.63. The van der Waals surface area contributed by atoms with Gasteiger partial charge >= 0.3 is 0 Å². The highest BCUT2D eigenvalue weighted by Gasteiger charge is 2.45. The van der Waals surface area contributed by atoms with Crippen molar-refractivity contribution in [1.82, 2.24) is 55.6 Å². The first-order valence-corrected chi connectivity index (χ1v) is 31.8. The summed E-state index contributed by atoms with van der Waals surface area (Å²) in [7, 11) is 9.92. The van der Waals surface area contributed by atoms with Crippen LogP contribution in [0.25, 0.3) is 0 Å². The summed E-state index contributed by atoms with van der Waals surface area (Å²) in [6.45, 7) is 32.4. The Morgan fingerprint density at radius 3 is 1.30 bits per heavy atom. The van der Waals surface area contributed by atoms with Gasteiger partial charge in [0.15, 0.2) is 0 Å². The SMILES string of the molecule is C/C=C/C[C@@H](C)[C@@H](O)[C@H]1C(=O)N[C@@H](CC)C(=O)N(C)CC(=O)N(C)[C@@H](CC(C)C)C(=O)N[C@@H](C(C)C)C(=O)N(C)[C@@H](CC(C)C)C(=O)N[C@@H](C)C(=O)N[C@H](C)C(=O)N(C)[C@@H](CC(C)C)C(=O)N(C)[C@@H](CC(C)C)C(=O)N(C)[C@@H](C(C)C)C(=O)N1C.CC(C)=O. The second-order valence-electron chi connectivity index (χ2n) is 27.0. The van der Waals surface area contributed by atoms with Gasteiger partial charge in [0, 0.05) is 49.3 Å². The summed E-state index contributed by atoms with van der Waals surface area (Å²) >= 11 is 0. The fourth-order valence-electron chi connectivity index (χ4n) is 10.7. The van der Waals surface area contributed by atoms with Crippen molar-refractivity contribution in [2.45, 2.75) is 237 Å². The molecule has 1 aliphatic rings. The maximum absolute atomic E-state index is 15.1. The van der Waals surface area contributed by atoms with Gasteiger partial charge in [-0.1, -0.05) is 109 Å². The van der Waals surface area contributed by atoms with Crippen molar-refractivity contribution in [3.05, 3.63) is 12.2 Å². The van der Waals surface area contributed by atoms with Crippen molar-refractivity contribution in [3.8, 4) is 0 Å². The zero-order valence-electron chi connectivity index (χ0n) is 59.0. The third-order valence-corrected chi connectivity index (χ3v) is 16.1. The maximum Gasteiger partial charge on any atom is 0.246 e. The minimum atomic E-state index is -1.61. The highest BCUT2D eigenvalue weighted by molar-refractivity contribution is 5.99. The molecule has 1 heterocycles. The minimum absolute atomic E-state index is 0.0229. The van der Waals surface area contributed by atoms with Crippen LogP contribution < -0.4 is 21.3 Å². The zero-order valence-corrected chi connectivity index (χ0v) is 59.0. The fourth-order valence-corrected chi connectivity index (χ4v) is 10.7. The molecule has 24 heteroatoms. The van der Waals surface area contributed by atoms with Crippen molar-refractivity contribution in [2.75, 3.05) is 55.9 Å². The zero-order chi connectivity index (χ0) is 69.6. The van der Waals surface area contributed by atoms with E-state index in [9.17, 15) is 53.1 Å². The molecule has 0 aromatic rings. The second-order valence-corrected chi connectivity index (χ2v) is 27.0. The van der Waals surface area contributed by atoms with Crippen molar-refractivity contribution in [2.24, 2.45) is 41.4 Å². The first-order chi connectivity index (χ1) is 40.9. The molecule has 0 radical (unpaired) electrons. The predicted octanol–water partition coefficient (Wildman–Crippen LogP) is 3.86. The van der Waals surface area contributed by atoms with Gasteiger partial charge in [-0.05, 0) is 115 Å². The topological polar surface area (TPSA) is 296 Å². The number of carbonyl (C=O) groups excluding carboxylic acids is 12. The molecular weight excluding hydrogens is 1140 g/mol. The summed E-state index contributed by atoms with van der Waals surface area (Å²) in [6.07, 6.45) is 3.04. The number of amides is 11. The highest BCUT2D eigenvalue weighted by Crippen LogP contribution is 2.26. The van der Waals surface area contributed by atoms with Crippen molar-refractivity contribution in [3.63, 3.8) is 0 Å². The van der Waals surface area contributed by atoms with Crippen LogP contribution in [0.15, 0.2) is 12.2 Å². The smallest absolute Gasteiger partial charge is 0.246 e. The van der Waals surface area contributed by atoms with Crippen molar-refractivity contribution < 1.29 is 62.6 Å². The predicted molar refractivity (Wildman–Crippen MR) is 345 cm³/mol. The molecule has 89 heavy (non-hydrogen) atoms. The van der Waals surface area contributed by atoms with Crippen molar-refractivity contribution in [1.29, 1.82) is 0 Å². The number of allylic oxidation sites excluding steroid dienone is 2. The summed E-state index contributed by atoms with van der Waals surface area (Å²) in [5, 5.41) is 23.1. The molecular formula is C65H117N11O13. The van der Waals surface area contributed by atoms with Gasteiger partial charge in [-0.15, -0.1) is 0 Å². The van der Waals surface area contributed by atoms with Gasteiger partial charge in [-0.3, -0.25) is 52.7 Å². The summed E-state index contributed by atoms with van der Waals surface area (Å²) in [4.78, 5) is 178. The van der Waals surface area contributed by atoms with Crippen molar-refractivity contribution >= 4 is 70.8 Å². The van der Waals surface area contributed by atoms with Crippen LogP contribution in [0.5, 0.6) is 0 Å². The molecule has 0 aliphatic carbocycles. The van der Waals surface area contributed by atoms with Gasteiger partial charge in [0.25, 0.3) is 0 Å². The monoisotopic (exact) mass is 1260 g/mol. The van der Waals surface area contributed by atoms with Crippen LogP contribution >= 0.6 is 0 Å². The average molecular weight is 1260 g/mol. The highest BCUT2D eigenvalue weighted by atomic mass is 16.3. The van der Waals surface area contributed by atoms with E-state index in [1.165, 1.54) is 102 Å². The molecule has 12 atom stereocenters. The van der Waals surface area contributed by atoms with Gasteiger partial charge in [-0.2, -0.15) is 0 Å². The van der Waals surface area contributed by atoms with Crippen LogP contribution in [-0.2, 0) is 57.5 Å². The Hall–Kier alpha value is -6.46. The van der Waals surface area contributed by atoms with E-state index in [0.717, 1.165) is 9.80 Å². The average Bonchev–Trinajstić information content (AvgIpc) is 0.999. The summed E-state index contributed by atoms with van der Waals surface area (Å²) in [5.74, 6) is -9.54. The van der Waals surface area contributed by atoms with E-state index in [2.05, 4.69) is 21.3 Å². The van der Waals surface area contributed by atoms with Gasteiger partial charge < -0.3 is 65.5 Å². The number of carbonyl (C=O) groups is 12. The molecule has 510 valence electrons. The van der Waals surface area contributed by atoms with E-state index in [0.29, 0.717) is 6.42 Å². The standard InChI is InChI=1S/C62H111N11O12.C3H6O/c1-25-27-28-40(15)52(75)51-56(79)65-43(26-2)58(81)67(18)33-48(74)68(19)44(29-34(3)4)55(78)66-49(38(11)12)61(84)69(20)45(30-35(5)6)54(77)63-41(16)53(76)64-42(17)57(80)70(21)46(31-36(7)8)59(82)71(22)47(32-37(9)10)60(83)72(23)50(39(13)14)62(85)73(51)24;1-3(2)4/h25,27,34-47,49-52,75H,26,28-33H2,1-24H3,(H,63,77)(H,64,76)(H,65,79)(H,66,78);1-2H3/b27-25+;/t40-,41+,42-,43+,44+,45+,46+,47+,49+,50+,51+,52-;/m1./s1. The number of hydrogen-bond donors (Lipinski definition) is 5. The lowest BCUT2D eigenvalue weighted by atomic mass is 9.91. The Kier molecular flexibility index (Phi) is 35.5. The van der Waals surface area contributed by atoms with Gasteiger partial charge in [0.2, 0.25) is 65.0 Å². The van der Waals surface area contributed by atoms with E-state index >= 15 is 9.59 Å². The molecule has 0 aromatic heterocycles. The van der Waals surface area contributed by atoms with Crippen LogP contribution in [0.1, 0.15) is 170 Å². The first-order valence-electron chi connectivity index (χ1n) is 31.8. The van der Waals surface area contributed by atoms with Gasteiger partial charge in [0.05, 0.1) is 12.6 Å². The molecule has 1 rings (SSSR count). The molecule has 1 saturated heterocycles. The quantitative estimate of drug-likeness (QED) is 0.146. The molecule has 0 unspecified atom stereocenters. The van der Waals surface area contributed by atoms with Crippen LogP contribution in [0, 0.1) is 41.4 Å². The Bertz CT molecular complexity index is 2430. The molecule has 0 aromatic carbocycles. The number of nitrogens with one attached hydrogen (secondary N) is 4. The lowest BCUT2D eigenvalue weighted by molar-refractivity contribution is -0.157. The Balaban J connectivity index is 0.0000187. The summed E-state index contributed by atoms with van der Waals surface area (Å²) in [5.41, 5.74) is 0. The first kappa shape index (κ1) is 82.5. The number of hydrogen-bond acceptors (Lipinski definition) is 13. The molecule has 0 spiro atoms. The van der Waals surface area contributed by atoms with Crippen LogP contribution in [0.3, 0.4) is 0 Å². The molecule has 0 bridgehead atoms. The molecule has 24 nitrogen and oxygen atoms in total. The van der Waals surface area contributed by atoms with E-state index < -0.39 is 156 Å². The second kappa shape index (κ2) is 38.3. The largest absolute Gasteiger partial charge is 0.390 e. The Labute approximate surface area is 533 Å². The van der Waals surface area contributed by atoms with E-state index in [4.69, 9.17) is 0 Å². The third kappa shape index (κ3) is 25.0. The van der Waals surface area contributed by atoms with E-state index in [1.54, 1.807) is 54.5 Å². The molecule has 0 saturated carbocycles. The number of rotatable bonds is 15. The van der Waals surface area contributed by atoms with Crippen LogP contribution in [0.2, 0.25) is 0 Å². The number of Topliss-reactive ketones (excluding diaryl/α,β-unsaturated/α-hetero) is 1. The molecule has 5 N–H and O–H groups in total. The number of aliphatic hydroxyl groups excluding tert-OH is 1. The lowest BCUT2D eigenvalue weighted by Gasteiger charge is -2.41. The third-order valence-electron chi connectivity index (χ3n) is 16.1. The fraction of sp³-hybridized carbons (Fsp3) is 0.785. The Morgan fingerprint density at radius 1 is 0.483 bits per heavy atom. The minimum Gasteiger partial charge on any atom is -0.390 e. The maximum atomic E-state index is 15.1. The van der Waals surface area contributed by atoms with E-state index in [-0.39, 0.29) is 61.6 Å². The molecule has 1 aliphatic heterocycles. The molecule has 1 fully saturated rings. The summed E-state index contributed by atoms with van der Waals surface area (Å²) in [6, 6.07) is -12.3.